The molecular formula is C31H35Cl3F6IN4S4V-. The van der Waals surface area contributed by atoms with E-state index in [9.17, 15) is 26.3 Å². The molecule has 0 aromatic heterocycles. The molecule has 0 amide bonds. The molecule has 0 fully saturated rings. The van der Waals surface area contributed by atoms with Gasteiger partial charge in [-0.15, -0.1) is 24.4 Å². The Morgan fingerprint density at radius 1 is 0.640 bits per heavy atom. The fourth-order valence-electron chi connectivity index (χ4n) is 2.72. The maximum atomic E-state index is 11.9. The van der Waals surface area contributed by atoms with Gasteiger partial charge in [0, 0.05) is 60.9 Å². The molecule has 279 valence electrons. The van der Waals surface area contributed by atoms with Crippen LogP contribution in [-0.4, -0.2) is 22.5 Å². The van der Waals surface area contributed by atoms with Gasteiger partial charge in [-0.3, -0.25) is 0 Å². The van der Waals surface area contributed by atoms with Crippen LogP contribution in [0, 0.1) is 14.4 Å². The molecule has 0 aliphatic carbocycles. The van der Waals surface area contributed by atoms with E-state index in [0.29, 0.717) is 42.7 Å². The SMILES string of the molecule is C.Cc1ccc(N)cc1SCC(F)(F)F.FC(F)(F)CI.Nc1ccc(Cl)c(S)c1.Nc1ccc(Cl)c(SSc2cc(N)ccc2Cl)c1.[CH3-].[V]. The Kier molecular flexibility index (Phi) is 28.0. The van der Waals surface area contributed by atoms with Gasteiger partial charge in [0.1, 0.15) is 0 Å². The van der Waals surface area contributed by atoms with Crippen LogP contribution in [0.25, 0.3) is 0 Å². The van der Waals surface area contributed by atoms with Gasteiger partial charge < -0.3 is 30.4 Å². The molecule has 0 heterocycles. The standard InChI is InChI=1S/C12H10Cl2N2S2.C9H10F3NS.C6H6ClNS.C2H2F3I.CH4.CH3.V/c13-9-3-1-7(15)5-11(9)17-18-12-6-8(16)2-4-10(12)14;1-6-2-3-7(13)4-8(6)14-5-9(10,11)12;7-5-2-1-4(8)3-6(5)9;3-2(4,5)1-6;;;/h1-6H,15-16H2;2-4H,5,13H2,1H3;1-3,9H,8H2;1H2;1H4;1H3;/q;;;;;-1;. The average molecular weight is 990 g/mol. The van der Waals surface area contributed by atoms with E-state index in [1.165, 1.54) is 44.2 Å². The molecule has 0 saturated heterocycles. The van der Waals surface area contributed by atoms with Gasteiger partial charge in [-0.2, -0.15) is 26.3 Å². The smallest absolute Gasteiger partial charge is 0.398 e. The second-order valence-corrected chi connectivity index (χ2v) is 14.6. The van der Waals surface area contributed by atoms with Crippen LogP contribution in [0.4, 0.5) is 49.1 Å². The fraction of sp³-hybridized carbons (Fsp3) is 0.194. The number of hydrogen-bond acceptors (Lipinski definition) is 8. The van der Waals surface area contributed by atoms with Gasteiger partial charge in [0.05, 0.1) is 25.2 Å². The van der Waals surface area contributed by atoms with Crippen molar-refractivity contribution in [2.45, 2.75) is 46.3 Å². The zero-order valence-electron chi connectivity index (χ0n) is 25.6. The number of benzene rings is 4. The number of hydrogen-bond donors (Lipinski definition) is 5. The van der Waals surface area contributed by atoms with E-state index in [1.54, 1.807) is 67.6 Å². The maximum Gasteiger partial charge on any atom is 0.398 e. The van der Waals surface area contributed by atoms with Crippen LogP contribution < -0.4 is 22.9 Å². The Balaban J connectivity index is -0.000000618. The number of nitrogen functional groups attached to an aromatic ring is 4. The van der Waals surface area contributed by atoms with E-state index in [4.69, 9.17) is 57.7 Å². The van der Waals surface area contributed by atoms with Crippen molar-refractivity contribution in [3.05, 3.63) is 101 Å². The van der Waals surface area contributed by atoms with Crippen molar-refractivity contribution in [1.82, 2.24) is 0 Å². The molecule has 0 spiro atoms. The third-order valence-corrected chi connectivity index (χ3v) is 11.1. The summed E-state index contributed by atoms with van der Waals surface area (Å²) in [6.45, 7) is 1.76. The van der Waals surface area contributed by atoms with Gasteiger partial charge in [-0.1, -0.05) is 92.5 Å². The van der Waals surface area contributed by atoms with Crippen molar-refractivity contribution < 1.29 is 44.9 Å². The van der Waals surface area contributed by atoms with Crippen LogP contribution in [0.3, 0.4) is 0 Å². The van der Waals surface area contributed by atoms with E-state index in [1.807, 2.05) is 12.1 Å². The van der Waals surface area contributed by atoms with Crippen molar-refractivity contribution in [3.8, 4) is 0 Å². The largest absolute Gasteiger partial charge is 0.399 e. The second kappa shape index (κ2) is 26.1. The fourth-order valence-corrected chi connectivity index (χ4v) is 6.84. The van der Waals surface area contributed by atoms with Crippen LogP contribution >= 0.6 is 103 Å². The number of aryl methyl sites for hydroxylation is 1. The average Bonchev–Trinajstić information content (AvgIpc) is 2.98. The van der Waals surface area contributed by atoms with E-state index >= 15 is 0 Å². The van der Waals surface area contributed by atoms with E-state index in [-0.39, 0.29) is 33.4 Å². The van der Waals surface area contributed by atoms with Crippen LogP contribution in [0.5, 0.6) is 0 Å². The molecule has 0 aliphatic heterocycles. The zero-order chi connectivity index (χ0) is 35.9. The Morgan fingerprint density at radius 3 is 1.32 bits per heavy atom. The van der Waals surface area contributed by atoms with Crippen molar-refractivity contribution in [2.24, 2.45) is 0 Å². The summed E-state index contributed by atoms with van der Waals surface area (Å²) in [5, 5.41) is 1.97. The number of rotatable bonds is 5. The summed E-state index contributed by atoms with van der Waals surface area (Å²) < 4.78 is 67.3. The first kappa shape index (κ1) is 53.6. The normalized spacial score (nSPS) is 10.2. The summed E-state index contributed by atoms with van der Waals surface area (Å²) in [7, 11) is 3.00. The zero-order valence-corrected chi connectivity index (χ0v) is 34.7. The predicted molar refractivity (Wildman–Crippen MR) is 217 cm³/mol. The Labute approximate surface area is 348 Å². The van der Waals surface area contributed by atoms with Gasteiger partial charge >= 0.3 is 12.4 Å². The number of thioether (sulfide) groups is 1. The summed E-state index contributed by atoms with van der Waals surface area (Å²) in [5.41, 5.74) is 25.7. The third kappa shape index (κ3) is 23.7. The van der Waals surface area contributed by atoms with Gasteiger partial charge in [0.15, 0.2) is 0 Å². The molecule has 50 heavy (non-hydrogen) atoms. The second-order valence-electron chi connectivity index (χ2n) is 8.93. The van der Waals surface area contributed by atoms with Crippen molar-refractivity contribution in [2.75, 3.05) is 33.1 Å². The molecule has 19 heteroatoms. The summed E-state index contributed by atoms with van der Waals surface area (Å²) in [6.07, 6.45) is -8.11. The van der Waals surface area contributed by atoms with E-state index in [0.717, 1.165) is 32.0 Å². The topological polar surface area (TPSA) is 104 Å². The third-order valence-electron chi connectivity index (χ3n) is 4.86. The van der Waals surface area contributed by atoms with Crippen LogP contribution in [-0.2, 0) is 18.6 Å². The molecule has 4 nitrogen and oxygen atoms in total. The predicted octanol–water partition coefficient (Wildman–Crippen LogP) is 13.5. The molecule has 0 aliphatic rings. The minimum Gasteiger partial charge on any atom is -0.399 e. The molecule has 0 unspecified atom stereocenters. The molecule has 4 aromatic rings. The Bertz CT molecular complexity index is 1540. The molecule has 4 rings (SSSR count). The molecule has 0 saturated carbocycles. The molecule has 0 atom stereocenters. The van der Waals surface area contributed by atoms with Gasteiger partial charge in [0.2, 0.25) is 0 Å². The number of alkyl halides is 7. The number of halogens is 10. The van der Waals surface area contributed by atoms with Crippen molar-refractivity contribution in [1.29, 1.82) is 0 Å². The summed E-state index contributed by atoms with van der Waals surface area (Å²) in [4.78, 5) is 3.11. The van der Waals surface area contributed by atoms with Gasteiger partial charge in [0.25, 0.3) is 0 Å². The van der Waals surface area contributed by atoms with E-state index < -0.39 is 22.5 Å². The Morgan fingerprint density at radius 2 is 0.980 bits per heavy atom. The first-order valence-electron chi connectivity index (χ1n) is 12.6. The first-order valence-corrected chi connectivity index (χ1v) is 18.8. The van der Waals surface area contributed by atoms with Crippen LogP contribution in [0.2, 0.25) is 15.1 Å². The molecule has 0 bridgehead atoms. The number of nitrogens with two attached hydrogens (primary N) is 4. The first-order chi connectivity index (χ1) is 21.7. The monoisotopic (exact) mass is 988 g/mol. The summed E-state index contributed by atoms with van der Waals surface area (Å²) in [5.74, 6) is -0.878. The number of thiol groups is 1. The van der Waals surface area contributed by atoms with Crippen LogP contribution in [0.1, 0.15) is 13.0 Å². The molecular weight excluding hydrogens is 955 g/mol. The minimum atomic E-state index is -4.14. The summed E-state index contributed by atoms with van der Waals surface area (Å²) in [6, 6.07) is 20.9. The van der Waals surface area contributed by atoms with Gasteiger partial charge in [-0.25, -0.2) is 0 Å². The summed E-state index contributed by atoms with van der Waals surface area (Å²) >= 11 is 23.9. The molecule has 4 aromatic carbocycles. The quantitative estimate of drug-likeness (QED) is 0.0198. The Hall–Kier alpha value is -0.756. The van der Waals surface area contributed by atoms with Crippen molar-refractivity contribution in [3.63, 3.8) is 0 Å². The molecule has 1 radical (unpaired) electrons. The minimum absolute atomic E-state index is 0. The maximum absolute atomic E-state index is 11.9. The molecule has 8 N–H and O–H groups in total. The van der Waals surface area contributed by atoms with E-state index in [2.05, 4.69) is 12.6 Å². The van der Waals surface area contributed by atoms with Crippen LogP contribution in [0.15, 0.2) is 92.4 Å². The number of anilines is 4. The van der Waals surface area contributed by atoms with Gasteiger partial charge in [-0.05, 0) is 79.2 Å². The van der Waals surface area contributed by atoms with Crippen molar-refractivity contribution >= 4 is 126 Å².